The van der Waals surface area contributed by atoms with Gasteiger partial charge in [-0.05, 0) is 27.1 Å². The van der Waals surface area contributed by atoms with Gasteiger partial charge in [0.1, 0.15) is 23.5 Å². The first-order valence-electron chi connectivity index (χ1n) is 14.7. The van der Waals surface area contributed by atoms with Crippen LogP contribution in [0.25, 0.3) is 21.5 Å². The minimum Gasteiger partial charge on any atom is -0.505 e. The number of esters is 1. The van der Waals surface area contributed by atoms with E-state index in [4.69, 9.17) is 14.6 Å². The van der Waals surface area contributed by atoms with E-state index in [1.54, 1.807) is 44.4 Å². The molecule has 6 aromatic rings. The highest BCUT2D eigenvalue weighted by Gasteiger charge is 2.25. The topological polar surface area (TPSA) is 139 Å². The summed E-state index contributed by atoms with van der Waals surface area (Å²) in [5.41, 5.74) is 1.60. The molecule has 2 aromatic heterocycles. The van der Waals surface area contributed by atoms with E-state index in [1.807, 2.05) is 78.9 Å². The summed E-state index contributed by atoms with van der Waals surface area (Å²) in [6.07, 6.45) is 0. The minimum atomic E-state index is -1.25. The molecule has 6 rings (SSSR count). The van der Waals surface area contributed by atoms with Crippen LogP contribution in [0.1, 0.15) is 42.6 Å². The number of nitrogens with zero attached hydrogens (tertiary/aromatic N) is 3. The number of aromatic nitrogens is 2. The number of carbonyl (C=O) groups is 3. The molecule has 0 aliphatic rings. The number of ether oxygens (including phenoxy) is 2. The van der Waals surface area contributed by atoms with Gasteiger partial charge in [-0.3, -0.25) is 4.79 Å². The zero-order valence-electron chi connectivity index (χ0n) is 26.0. The highest BCUT2D eigenvalue weighted by atomic mass is 79.9. The number of hydrogen-bond donors (Lipinski definition) is 2. The molecule has 0 radical (unpaired) electrons. The second kappa shape index (κ2) is 15.2. The number of fused-ring (bicyclic) bond motifs is 2. The van der Waals surface area contributed by atoms with Crippen LogP contribution in [0.3, 0.4) is 0 Å². The van der Waals surface area contributed by atoms with Gasteiger partial charge in [0.2, 0.25) is 0 Å². The van der Waals surface area contributed by atoms with Crippen molar-refractivity contribution in [1.82, 2.24) is 14.9 Å². The van der Waals surface area contributed by atoms with Crippen LogP contribution in [0.5, 0.6) is 11.5 Å². The number of benzene rings is 4. The predicted molar refractivity (Wildman–Crippen MR) is 184 cm³/mol. The van der Waals surface area contributed by atoms with Crippen LogP contribution >= 0.6 is 15.9 Å². The number of pyridine rings is 2. The van der Waals surface area contributed by atoms with Crippen LogP contribution in [0, 0.1) is 0 Å². The Morgan fingerprint density at radius 3 is 1.77 bits per heavy atom. The fourth-order valence-corrected chi connectivity index (χ4v) is 5.30. The van der Waals surface area contributed by atoms with Crippen LogP contribution in [0.4, 0.5) is 0 Å². The van der Waals surface area contributed by atoms with Gasteiger partial charge in [0, 0.05) is 35.6 Å². The molecule has 0 fully saturated rings. The normalized spacial score (nSPS) is 10.6. The van der Waals surface area contributed by atoms with E-state index in [1.165, 1.54) is 4.90 Å². The van der Waals surface area contributed by atoms with Gasteiger partial charge in [0.25, 0.3) is 5.91 Å². The molecule has 242 valence electrons. The van der Waals surface area contributed by atoms with Gasteiger partial charge < -0.3 is 24.6 Å². The average Bonchev–Trinajstić information content (AvgIpc) is 3.11. The number of aromatic hydroxyl groups is 1. The second-order valence-electron chi connectivity index (χ2n) is 10.7. The van der Waals surface area contributed by atoms with E-state index in [2.05, 4.69) is 25.9 Å². The number of aromatic carboxylic acids is 1. The molecule has 2 N–H and O–H groups in total. The second-order valence-corrected chi connectivity index (χ2v) is 11.4. The van der Waals surface area contributed by atoms with Crippen molar-refractivity contribution in [3.63, 3.8) is 0 Å². The highest BCUT2D eigenvalue weighted by Crippen LogP contribution is 2.33. The van der Waals surface area contributed by atoms with Crippen molar-refractivity contribution in [2.75, 3.05) is 14.1 Å². The molecule has 10 nitrogen and oxygen atoms in total. The zero-order chi connectivity index (χ0) is 34.2. The summed E-state index contributed by atoms with van der Waals surface area (Å²) in [4.78, 5) is 46.4. The lowest BCUT2D eigenvalue weighted by atomic mass is 10.1. The maximum absolute atomic E-state index is 13.1. The van der Waals surface area contributed by atoms with Crippen LogP contribution in [-0.2, 0) is 18.0 Å². The summed E-state index contributed by atoms with van der Waals surface area (Å²) < 4.78 is 12.1. The lowest BCUT2D eigenvalue weighted by Crippen LogP contribution is -2.24. The number of carbonyl (C=O) groups excluding carboxylic acids is 2. The first kappa shape index (κ1) is 33.6. The Morgan fingerprint density at radius 1 is 0.667 bits per heavy atom. The van der Waals surface area contributed by atoms with Gasteiger partial charge in [-0.2, -0.15) is 0 Å². The number of amides is 1. The summed E-state index contributed by atoms with van der Waals surface area (Å²) in [5.74, 6) is -2.22. The number of carboxylic acids is 1. The molecule has 0 spiro atoms. The average molecular weight is 709 g/mol. The third kappa shape index (κ3) is 7.59. The Morgan fingerprint density at radius 2 is 1.19 bits per heavy atom. The molecule has 0 atom stereocenters. The van der Waals surface area contributed by atoms with Crippen LogP contribution in [0.15, 0.2) is 114 Å². The Bertz CT molecular complexity index is 2110. The molecule has 0 saturated heterocycles. The van der Waals surface area contributed by atoms with Crippen LogP contribution < -0.4 is 4.74 Å². The van der Waals surface area contributed by atoms with E-state index >= 15 is 0 Å². The standard InChI is InChI=1S/C27H24N2O4.C10H6BrNO3/c1-29(2)26(30)23-21-15-9-10-16-22(21)25(32-17-19-11-5-3-6-12-19)24(28-23)27(31)33-18-20-13-7-4-8-14-20;11-9-6-4-2-1-3-5(6)8(13)7(12-9)10(14)15/h3-16H,17-18H2,1-2H3;1-4,13H,(H,14,15). The molecule has 0 saturated carbocycles. The molecule has 48 heavy (non-hydrogen) atoms. The number of hydrogen-bond acceptors (Lipinski definition) is 8. The summed E-state index contributed by atoms with van der Waals surface area (Å²) in [6.45, 7) is 0.329. The van der Waals surface area contributed by atoms with Crippen molar-refractivity contribution >= 4 is 55.3 Å². The van der Waals surface area contributed by atoms with Gasteiger partial charge in [0.15, 0.2) is 22.9 Å². The molecular weight excluding hydrogens is 678 g/mol. The molecule has 0 aliphatic carbocycles. The van der Waals surface area contributed by atoms with Crippen molar-refractivity contribution in [1.29, 1.82) is 0 Å². The lowest BCUT2D eigenvalue weighted by Gasteiger charge is -2.17. The Hall–Kier alpha value is -5.81. The Kier molecular flexibility index (Phi) is 10.6. The smallest absolute Gasteiger partial charge is 0.361 e. The summed E-state index contributed by atoms with van der Waals surface area (Å²) in [7, 11) is 3.29. The maximum atomic E-state index is 13.1. The summed E-state index contributed by atoms with van der Waals surface area (Å²) in [6, 6.07) is 33.2. The SMILES string of the molecule is CN(C)C(=O)c1nc(C(=O)OCc2ccccc2)c(OCc2ccccc2)c2ccccc12.O=C(O)c1nc(Br)c2ccccc2c1O. The van der Waals surface area contributed by atoms with Gasteiger partial charge in [-0.25, -0.2) is 19.6 Å². The van der Waals surface area contributed by atoms with Crippen molar-refractivity contribution < 1.29 is 34.1 Å². The minimum absolute atomic E-state index is 0.0224. The maximum Gasteiger partial charge on any atom is 0.361 e. The first-order valence-corrected chi connectivity index (χ1v) is 15.5. The number of rotatable bonds is 8. The van der Waals surface area contributed by atoms with Crippen molar-refractivity contribution in [2.24, 2.45) is 0 Å². The summed E-state index contributed by atoms with van der Waals surface area (Å²) >= 11 is 3.16. The molecule has 2 heterocycles. The van der Waals surface area contributed by atoms with Gasteiger partial charge in [-0.1, -0.05) is 109 Å². The third-order valence-electron chi connectivity index (χ3n) is 7.15. The molecule has 0 aliphatic heterocycles. The first-order chi connectivity index (χ1) is 23.2. The quantitative estimate of drug-likeness (QED) is 0.123. The molecule has 0 unspecified atom stereocenters. The van der Waals surface area contributed by atoms with Gasteiger partial charge in [-0.15, -0.1) is 0 Å². The predicted octanol–water partition coefficient (Wildman–Crippen LogP) is 7.27. The van der Waals surface area contributed by atoms with Crippen molar-refractivity contribution in [3.8, 4) is 11.5 Å². The van der Waals surface area contributed by atoms with Crippen LogP contribution in [0.2, 0.25) is 0 Å². The fourth-order valence-electron chi connectivity index (χ4n) is 4.78. The van der Waals surface area contributed by atoms with Gasteiger partial charge in [0.05, 0.1) is 0 Å². The number of halogens is 1. The van der Waals surface area contributed by atoms with E-state index in [0.29, 0.717) is 31.9 Å². The molecule has 1 amide bonds. The summed E-state index contributed by atoms with van der Waals surface area (Å²) in [5, 5.41) is 20.9. The fraction of sp³-hybridized carbons (Fsp3) is 0.108. The number of carboxylic acid groups (broad SMARTS) is 1. The Balaban J connectivity index is 0.000000250. The molecule has 4 aromatic carbocycles. The zero-order valence-corrected chi connectivity index (χ0v) is 27.5. The van der Waals surface area contributed by atoms with E-state index < -0.39 is 11.9 Å². The van der Waals surface area contributed by atoms with E-state index in [-0.39, 0.29) is 42.0 Å². The van der Waals surface area contributed by atoms with E-state index in [0.717, 1.165) is 11.1 Å². The van der Waals surface area contributed by atoms with Crippen molar-refractivity contribution in [2.45, 2.75) is 13.2 Å². The Labute approximate surface area is 284 Å². The molecule has 11 heteroatoms. The van der Waals surface area contributed by atoms with Gasteiger partial charge >= 0.3 is 11.9 Å². The molecule has 0 bridgehead atoms. The monoisotopic (exact) mass is 707 g/mol. The lowest BCUT2D eigenvalue weighted by molar-refractivity contribution is 0.0460. The highest BCUT2D eigenvalue weighted by molar-refractivity contribution is 9.10. The third-order valence-corrected chi connectivity index (χ3v) is 7.75. The van der Waals surface area contributed by atoms with Crippen molar-refractivity contribution in [3.05, 3.63) is 142 Å². The van der Waals surface area contributed by atoms with E-state index in [9.17, 15) is 19.5 Å². The van der Waals surface area contributed by atoms with Crippen LogP contribution in [-0.4, -0.2) is 57.0 Å². The largest absolute Gasteiger partial charge is 0.505 e. The molecular formula is C37H30BrN3O7.